The average Bonchev–Trinajstić information content (AvgIpc) is 2.77. The van der Waals surface area contributed by atoms with E-state index in [1.807, 2.05) is 0 Å². The van der Waals surface area contributed by atoms with Crippen molar-refractivity contribution in [3.63, 3.8) is 0 Å². The molecule has 1 rings (SSSR count). The first-order valence-corrected chi connectivity index (χ1v) is 8.01. The monoisotopic (exact) mass is 268 g/mol. The summed E-state index contributed by atoms with van der Waals surface area (Å²) in [6.45, 7) is 8.35. The van der Waals surface area contributed by atoms with Gasteiger partial charge in [0.1, 0.15) is 0 Å². The highest BCUT2D eigenvalue weighted by Crippen LogP contribution is 2.30. The molecule has 1 aliphatic carbocycles. The molecule has 1 amide bonds. The van der Waals surface area contributed by atoms with Crippen LogP contribution < -0.4 is 11.1 Å². The second kappa shape index (κ2) is 8.57. The van der Waals surface area contributed by atoms with Crippen molar-refractivity contribution in [2.24, 2.45) is 29.4 Å². The van der Waals surface area contributed by atoms with Crippen LogP contribution in [-0.2, 0) is 4.79 Å². The number of nitrogens with one attached hydrogen (secondary N) is 1. The van der Waals surface area contributed by atoms with E-state index in [4.69, 9.17) is 5.73 Å². The van der Waals surface area contributed by atoms with Crippen molar-refractivity contribution in [3.8, 4) is 0 Å². The molecular formula is C16H32N2O. The van der Waals surface area contributed by atoms with E-state index in [-0.39, 0.29) is 5.91 Å². The lowest BCUT2D eigenvalue weighted by molar-refractivity contribution is -0.121. The number of rotatable bonds is 8. The minimum absolute atomic E-state index is 0.224. The van der Waals surface area contributed by atoms with Gasteiger partial charge in [0.15, 0.2) is 0 Å². The Balaban J connectivity index is 2.19. The third-order valence-electron chi connectivity index (χ3n) is 4.82. The minimum Gasteiger partial charge on any atom is -0.356 e. The van der Waals surface area contributed by atoms with E-state index in [9.17, 15) is 4.79 Å². The third kappa shape index (κ3) is 5.94. The van der Waals surface area contributed by atoms with Crippen molar-refractivity contribution in [1.29, 1.82) is 0 Å². The van der Waals surface area contributed by atoms with E-state index in [0.717, 1.165) is 31.8 Å². The Bertz CT molecular complexity index is 265. The smallest absolute Gasteiger partial charge is 0.220 e. The molecule has 0 aliphatic heterocycles. The number of carbonyl (C=O) groups excluding carboxylic acids is 1. The van der Waals surface area contributed by atoms with Gasteiger partial charge in [-0.05, 0) is 49.5 Å². The summed E-state index contributed by atoms with van der Waals surface area (Å²) in [5.74, 6) is 2.91. The first-order chi connectivity index (χ1) is 9.04. The summed E-state index contributed by atoms with van der Waals surface area (Å²) in [6, 6.07) is 0. The van der Waals surface area contributed by atoms with E-state index in [0.29, 0.717) is 24.2 Å². The fourth-order valence-corrected chi connectivity index (χ4v) is 3.20. The summed E-state index contributed by atoms with van der Waals surface area (Å²) in [5, 5.41) is 3.12. The van der Waals surface area contributed by atoms with E-state index in [1.165, 1.54) is 19.3 Å². The molecule has 0 bridgehead atoms. The Labute approximate surface area is 118 Å². The van der Waals surface area contributed by atoms with Crippen molar-refractivity contribution in [2.75, 3.05) is 13.1 Å². The van der Waals surface area contributed by atoms with Gasteiger partial charge < -0.3 is 11.1 Å². The number of hydrogen-bond donors (Lipinski definition) is 2. The quantitative estimate of drug-likeness (QED) is 0.711. The maximum absolute atomic E-state index is 11.9. The molecule has 1 aliphatic rings. The van der Waals surface area contributed by atoms with Gasteiger partial charge in [-0.15, -0.1) is 0 Å². The predicted molar refractivity (Wildman–Crippen MR) is 80.7 cm³/mol. The van der Waals surface area contributed by atoms with Crippen LogP contribution in [0.15, 0.2) is 0 Å². The van der Waals surface area contributed by atoms with E-state index >= 15 is 0 Å². The molecule has 112 valence electrons. The maximum atomic E-state index is 11.9. The van der Waals surface area contributed by atoms with Gasteiger partial charge in [0, 0.05) is 13.0 Å². The molecule has 0 heterocycles. The average molecular weight is 268 g/mol. The summed E-state index contributed by atoms with van der Waals surface area (Å²) in [6.07, 6.45) is 6.60. The number of amides is 1. The van der Waals surface area contributed by atoms with E-state index in [2.05, 4.69) is 26.1 Å². The van der Waals surface area contributed by atoms with Crippen LogP contribution in [0.25, 0.3) is 0 Å². The summed E-state index contributed by atoms with van der Waals surface area (Å²) in [5.41, 5.74) is 5.63. The van der Waals surface area contributed by atoms with Crippen LogP contribution in [0.3, 0.4) is 0 Å². The molecule has 3 nitrogen and oxygen atoms in total. The van der Waals surface area contributed by atoms with Gasteiger partial charge in [0.05, 0.1) is 0 Å². The van der Waals surface area contributed by atoms with Gasteiger partial charge in [-0.2, -0.15) is 0 Å². The van der Waals surface area contributed by atoms with Gasteiger partial charge in [-0.1, -0.05) is 33.6 Å². The summed E-state index contributed by atoms with van der Waals surface area (Å²) in [4.78, 5) is 11.9. The molecule has 0 radical (unpaired) electrons. The van der Waals surface area contributed by atoms with Crippen molar-refractivity contribution >= 4 is 5.91 Å². The second-order valence-electron chi connectivity index (χ2n) is 6.59. The number of carbonyl (C=O) groups is 1. The third-order valence-corrected chi connectivity index (χ3v) is 4.82. The molecule has 1 fully saturated rings. The van der Waals surface area contributed by atoms with Crippen LogP contribution in [-0.4, -0.2) is 19.0 Å². The zero-order chi connectivity index (χ0) is 14.3. The maximum Gasteiger partial charge on any atom is 0.220 e. The molecule has 0 aromatic heterocycles. The van der Waals surface area contributed by atoms with E-state index in [1.54, 1.807) is 0 Å². The fourth-order valence-electron chi connectivity index (χ4n) is 3.20. The highest BCUT2D eigenvalue weighted by atomic mass is 16.1. The van der Waals surface area contributed by atoms with Gasteiger partial charge in [0.2, 0.25) is 5.91 Å². The first-order valence-electron chi connectivity index (χ1n) is 8.01. The van der Waals surface area contributed by atoms with Crippen LogP contribution in [0.4, 0.5) is 0 Å². The molecule has 0 aromatic rings. The molecule has 0 spiro atoms. The second-order valence-corrected chi connectivity index (χ2v) is 6.59. The molecule has 0 saturated heterocycles. The molecule has 19 heavy (non-hydrogen) atoms. The Morgan fingerprint density at radius 1 is 1.32 bits per heavy atom. The van der Waals surface area contributed by atoms with Crippen LogP contribution in [0.1, 0.15) is 59.3 Å². The van der Waals surface area contributed by atoms with Crippen LogP contribution in [0.2, 0.25) is 0 Å². The standard InChI is InChI=1S/C16H32N2O/c1-12(2)14(9-10-17)7-8-16(19)18-11-15-6-4-5-13(15)3/h12-15H,4-11,17H2,1-3H3,(H,18,19). The first kappa shape index (κ1) is 16.5. The Morgan fingerprint density at radius 3 is 2.58 bits per heavy atom. The molecule has 0 aromatic carbocycles. The molecule has 3 N–H and O–H groups in total. The Kier molecular flexibility index (Phi) is 7.44. The highest BCUT2D eigenvalue weighted by Gasteiger charge is 2.23. The Hall–Kier alpha value is -0.570. The van der Waals surface area contributed by atoms with Crippen molar-refractivity contribution in [3.05, 3.63) is 0 Å². The number of hydrogen-bond acceptors (Lipinski definition) is 2. The zero-order valence-corrected chi connectivity index (χ0v) is 13.0. The van der Waals surface area contributed by atoms with Gasteiger partial charge in [-0.3, -0.25) is 4.79 Å². The van der Waals surface area contributed by atoms with Gasteiger partial charge in [0.25, 0.3) is 0 Å². The summed E-state index contributed by atoms with van der Waals surface area (Å²) >= 11 is 0. The Morgan fingerprint density at radius 2 is 2.05 bits per heavy atom. The summed E-state index contributed by atoms with van der Waals surface area (Å²) < 4.78 is 0. The largest absolute Gasteiger partial charge is 0.356 e. The van der Waals surface area contributed by atoms with Crippen LogP contribution >= 0.6 is 0 Å². The molecular weight excluding hydrogens is 236 g/mol. The van der Waals surface area contributed by atoms with Crippen molar-refractivity contribution in [1.82, 2.24) is 5.32 Å². The van der Waals surface area contributed by atoms with Crippen LogP contribution in [0.5, 0.6) is 0 Å². The molecule has 1 saturated carbocycles. The molecule has 3 heteroatoms. The van der Waals surface area contributed by atoms with Crippen LogP contribution in [0, 0.1) is 23.7 Å². The van der Waals surface area contributed by atoms with Crippen molar-refractivity contribution in [2.45, 2.75) is 59.3 Å². The zero-order valence-electron chi connectivity index (χ0n) is 13.0. The lowest BCUT2D eigenvalue weighted by Crippen LogP contribution is -2.30. The number of nitrogens with two attached hydrogens (primary N) is 1. The predicted octanol–water partition coefficient (Wildman–Crippen LogP) is 2.94. The lowest BCUT2D eigenvalue weighted by atomic mass is 9.88. The molecule has 3 atom stereocenters. The summed E-state index contributed by atoms with van der Waals surface area (Å²) in [7, 11) is 0. The lowest BCUT2D eigenvalue weighted by Gasteiger charge is -2.20. The molecule has 3 unspecified atom stereocenters. The highest BCUT2D eigenvalue weighted by molar-refractivity contribution is 5.75. The normalized spacial score (nSPS) is 24.7. The van der Waals surface area contributed by atoms with Gasteiger partial charge in [-0.25, -0.2) is 0 Å². The topological polar surface area (TPSA) is 55.1 Å². The van der Waals surface area contributed by atoms with E-state index < -0.39 is 0 Å². The SMILES string of the molecule is CC(C)C(CCN)CCC(=O)NCC1CCCC1C. The van der Waals surface area contributed by atoms with Crippen molar-refractivity contribution < 1.29 is 4.79 Å². The van der Waals surface area contributed by atoms with Gasteiger partial charge >= 0.3 is 0 Å². The fraction of sp³-hybridized carbons (Fsp3) is 0.938. The minimum atomic E-state index is 0.224.